The Morgan fingerprint density at radius 2 is 1.71 bits per heavy atom. The number of hydrogen-bond acceptors (Lipinski definition) is 5. The molecular weight excluding hydrogens is 450 g/mol. The molecule has 0 aliphatic carbocycles. The molecule has 9 heteroatoms. The predicted octanol–water partition coefficient (Wildman–Crippen LogP) is 4.75. The van der Waals surface area contributed by atoms with Gasteiger partial charge in [0.15, 0.2) is 5.82 Å². The Balaban J connectivity index is 1.36. The number of nitrogens with one attached hydrogen (secondary N) is 1. The fourth-order valence-corrected chi connectivity index (χ4v) is 4.56. The van der Waals surface area contributed by atoms with Gasteiger partial charge in [-0.2, -0.15) is 10.2 Å². The first-order valence-electron chi connectivity index (χ1n) is 11.3. The van der Waals surface area contributed by atoms with Crippen molar-refractivity contribution in [3.05, 3.63) is 70.5 Å². The number of carbonyl (C=O) groups excluding carboxylic acids is 1. The summed E-state index contributed by atoms with van der Waals surface area (Å²) in [6.45, 7) is 8.39. The number of para-hydroxylation sites is 1. The van der Waals surface area contributed by atoms with Crippen LogP contribution in [0.3, 0.4) is 0 Å². The Labute approximate surface area is 203 Å². The van der Waals surface area contributed by atoms with Crippen LogP contribution in [-0.2, 0) is 0 Å². The van der Waals surface area contributed by atoms with Crippen molar-refractivity contribution in [3.8, 4) is 5.69 Å². The predicted molar refractivity (Wildman–Crippen MR) is 135 cm³/mol. The van der Waals surface area contributed by atoms with Crippen LogP contribution in [0.1, 0.15) is 17.0 Å². The topological polar surface area (TPSA) is 79.2 Å². The second kappa shape index (κ2) is 8.95. The highest BCUT2D eigenvalue weighted by Crippen LogP contribution is 2.30. The van der Waals surface area contributed by atoms with E-state index in [2.05, 4.69) is 27.3 Å². The van der Waals surface area contributed by atoms with Gasteiger partial charge in [-0.15, -0.1) is 5.10 Å². The summed E-state index contributed by atoms with van der Waals surface area (Å²) in [7, 11) is 0. The van der Waals surface area contributed by atoms with Crippen LogP contribution >= 0.6 is 11.6 Å². The molecule has 2 amide bonds. The second-order valence-corrected chi connectivity index (χ2v) is 8.97. The van der Waals surface area contributed by atoms with E-state index in [9.17, 15) is 4.79 Å². The van der Waals surface area contributed by atoms with Crippen LogP contribution in [0.2, 0.25) is 5.02 Å². The zero-order chi connectivity index (χ0) is 23.8. The van der Waals surface area contributed by atoms with Crippen LogP contribution in [0.4, 0.5) is 16.3 Å². The maximum Gasteiger partial charge on any atom is 0.321 e. The van der Waals surface area contributed by atoms with Crippen molar-refractivity contribution in [1.82, 2.24) is 24.9 Å². The molecule has 5 rings (SSSR count). The molecular formula is C25H26ClN7O. The lowest BCUT2D eigenvalue weighted by Gasteiger charge is -2.35. The number of fused-ring (bicyclic) bond motifs is 1. The van der Waals surface area contributed by atoms with Gasteiger partial charge in [-0.05, 0) is 50.6 Å². The van der Waals surface area contributed by atoms with Crippen molar-refractivity contribution >= 4 is 40.0 Å². The number of anilines is 2. The van der Waals surface area contributed by atoms with E-state index >= 15 is 0 Å². The quantitative estimate of drug-likeness (QED) is 0.462. The van der Waals surface area contributed by atoms with Gasteiger partial charge in [-0.25, -0.2) is 9.48 Å². The maximum absolute atomic E-state index is 12.8. The van der Waals surface area contributed by atoms with Gasteiger partial charge >= 0.3 is 6.03 Å². The molecule has 1 saturated heterocycles. The highest BCUT2D eigenvalue weighted by molar-refractivity contribution is 6.31. The van der Waals surface area contributed by atoms with Crippen LogP contribution in [0.15, 0.2) is 48.5 Å². The minimum absolute atomic E-state index is 0.130. The summed E-state index contributed by atoms with van der Waals surface area (Å²) in [4.78, 5) is 16.8. The number of benzene rings is 2. The molecule has 0 atom stereocenters. The van der Waals surface area contributed by atoms with Gasteiger partial charge in [0.2, 0.25) is 0 Å². The summed E-state index contributed by atoms with van der Waals surface area (Å²) in [6.07, 6.45) is 0. The number of hydrogen-bond donors (Lipinski definition) is 1. The highest BCUT2D eigenvalue weighted by atomic mass is 35.5. The van der Waals surface area contributed by atoms with Gasteiger partial charge in [0, 0.05) is 36.9 Å². The number of urea groups is 1. The molecule has 0 radical (unpaired) electrons. The van der Waals surface area contributed by atoms with Crippen molar-refractivity contribution in [2.45, 2.75) is 20.8 Å². The van der Waals surface area contributed by atoms with E-state index in [1.807, 2.05) is 65.9 Å². The smallest absolute Gasteiger partial charge is 0.321 e. The second-order valence-electron chi connectivity index (χ2n) is 8.53. The standard InChI is InChI=1S/C25H26ClN7O/c1-16-9-10-19(26)15-21(16)27-25(34)32-13-11-31(12-14-32)24-23-22(17(2)28-29-24)18(3)33(30-23)20-7-5-4-6-8-20/h4-10,15H,11-14H2,1-3H3,(H,27,34). The molecule has 2 aromatic carbocycles. The third-order valence-corrected chi connectivity index (χ3v) is 6.53. The molecule has 0 bridgehead atoms. The third kappa shape index (κ3) is 4.05. The lowest BCUT2D eigenvalue weighted by Crippen LogP contribution is -2.50. The molecule has 1 N–H and O–H groups in total. The summed E-state index contributed by atoms with van der Waals surface area (Å²) in [5.41, 5.74) is 5.42. The molecule has 3 heterocycles. The van der Waals surface area contributed by atoms with E-state index in [1.165, 1.54) is 0 Å². The first kappa shape index (κ1) is 22.2. The first-order chi connectivity index (χ1) is 16.4. The molecule has 1 aliphatic rings. The summed E-state index contributed by atoms with van der Waals surface area (Å²) >= 11 is 6.09. The zero-order valence-electron chi connectivity index (χ0n) is 19.4. The van der Waals surface area contributed by atoms with Gasteiger partial charge in [0.1, 0.15) is 5.52 Å². The molecule has 0 saturated carbocycles. The van der Waals surface area contributed by atoms with Gasteiger partial charge in [-0.1, -0.05) is 35.9 Å². The summed E-state index contributed by atoms with van der Waals surface area (Å²) in [5, 5.41) is 18.4. The molecule has 174 valence electrons. The van der Waals surface area contributed by atoms with Crippen LogP contribution in [0.25, 0.3) is 16.6 Å². The van der Waals surface area contributed by atoms with Crippen molar-refractivity contribution in [3.63, 3.8) is 0 Å². The number of aryl methyl sites for hydroxylation is 3. The fourth-order valence-electron chi connectivity index (χ4n) is 4.39. The minimum Gasteiger partial charge on any atom is -0.350 e. The number of piperazine rings is 1. The van der Waals surface area contributed by atoms with Crippen LogP contribution in [0, 0.1) is 20.8 Å². The molecule has 4 aromatic rings. The number of aromatic nitrogens is 4. The number of carbonyl (C=O) groups is 1. The zero-order valence-corrected chi connectivity index (χ0v) is 20.2. The summed E-state index contributed by atoms with van der Waals surface area (Å²) in [5.74, 6) is 0.754. The number of amides is 2. The molecule has 1 aliphatic heterocycles. The highest BCUT2D eigenvalue weighted by Gasteiger charge is 2.26. The number of rotatable bonds is 3. The number of nitrogens with zero attached hydrogens (tertiary/aromatic N) is 6. The summed E-state index contributed by atoms with van der Waals surface area (Å²) < 4.78 is 1.95. The van der Waals surface area contributed by atoms with Crippen LogP contribution in [-0.4, -0.2) is 57.1 Å². The molecule has 1 fully saturated rings. The monoisotopic (exact) mass is 475 g/mol. The lowest BCUT2D eigenvalue weighted by molar-refractivity contribution is 0.208. The molecule has 34 heavy (non-hydrogen) atoms. The van der Waals surface area contributed by atoms with Crippen LogP contribution < -0.4 is 10.2 Å². The Bertz CT molecular complexity index is 1360. The van der Waals surface area contributed by atoms with E-state index in [0.717, 1.165) is 45.0 Å². The third-order valence-electron chi connectivity index (χ3n) is 6.29. The van der Waals surface area contributed by atoms with Gasteiger partial charge in [0.05, 0.1) is 22.5 Å². The fraction of sp³-hybridized carbons (Fsp3) is 0.280. The van der Waals surface area contributed by atoms with Gasteiger partial charge in [0.25, 0.3) is 0 Å². The van der Waals surface area contributed by atoms with E-state index in [-0.39, 0.29) is 6.03 Å². The van der Waals surface area contributed by atoms with E-state index in [1.54, 1.807) is 6.07 Å². The average molecular weight is 476 g/mol. The Morgan fingerprint density at radius 3 is 2.44 bits per heavy atom. The Hall–Kier alpha value is -3.65. The van der Waals surface area contributed by atoms with Crippen molar-refractivity contribution in [2.75, 3.05) is 36.4 Å². The number of halogens is 1. The molecule has 0 unspecified atom stereocenters. The Morgan fingerprint density at radius 1 is 0.971 bits per heavy atom. The SMILES string of the molecule is Cc1ccc(Cl)cc1NC(=O)N1CCN(c2nnc(C)c3c(C)n(-c4ccccc4)nc23)CC1. The molecule has 2 aromatic heterocycles. The van der Waals surface area contributed by atoms with Crippen molar-refractivity contribution < 1.29 is 4.79 Å². The van der Waals surface area contributed by atoms with Gasteiger partial charge in [-0.3, -0.25) is 0 Å². The lowest BCUT2D eigenvalue weighted by atomic mass is 10.2. The molecule has 0 spiro atoms. The van der Waals surface area contributed by atoms with Crippen LogP contribution in [0.5, 0.6) is 0 Å². The summed E-state index contributed by atoms with van der Waals surface area (Å²) in [6, 6.07) is 15.4. The minimum atomic E-state index is -0.130. The van der Waals surface area contributed by atoms with Crippen molar-refractivity contribution in [1.29, 1.82) is 0 Å². The normalized spacial score (nSPS) is 14.0. The van der Waals surface area contributed by atoms with Crippen molar-refractivity contribution in [2.24, 2.45) is 0 Å². The molecule has 8 nitrogen and oxygen atoms in total. The largest absolute Gasteiger partial charge is 0.350 e. The van der Waals surface area contributed by atoms with E-state index < -0.39 is 0 Å². The van der Waals surface area contributed by atoms with Gasteiger partial charge < -0.3 is 15.1 Å². The maximum atomic E-state index is 12.8. The first-order valence-corrected chi connectivity index (χ1v) is 11.6. The average Bonchev–Trinajstić information content (AvgIpc) is 3.20. The van der Waals surface area contributed by atoms with E-state index in [4.69, 9.17) is 16.7 Å². The Kier molecular flexibility index (Phi) is 5.83. The van der Waals surface area contributed by atoms with E-state index in [0.29, 0.717) is 31.2 Å².